The summed E-state index contributed by atoms with van der Waals surface area (Å²) in [6, 6.07) is 0. The van der Waals surface area contributed by atoms with Crippen LogP contribution in [0.1, 0.15) is 26.2 Å². The molecule has 1 atom stereocenters. The Morgan fingerprint density at radius 2 is 2.33 bits per heavy atom. The molecule has 12 heavy (non-hydrogen) atoms. The van der Waals surface area contributed by atoms with E-state index >= 15 is 0 Å². The standard InChI is InChI=1S/C9H12O3/c1-2-3-4-7-5-6-8(10)9(11)12-7/h3-4,7H,2,5-6H2,1H3. The van der Waals surface area contributed by atoms with Crippen molar-refractivity contribution in [3.8, 4) is 0 Å². The fraction of sp³-hybridized carbons (Fsp3) is 0.556. The summed E-state index contributed by atoms with van der Waals surface area (Å²) in [5, 5.41) is 0. The molecule has 1 aliphatic heterocycles. The Kier molecular flexibility index (Phi) is 3.02. The summed E-state index contributed by atoms with van der Waals surface area (Å²) in [6.07, 6.45) is 5.45. The van der Waals surface area contributed by atoms with Crippen LogP contribution in [-0.2, 0) is 14.3 Å². The molecule has 0 bridgehead atoms. The van der Waals surface area contributed by atoms with Crippen LogP contribution in [0.4, 0.5) is 0 Å². The number of ether oxygens (including phenoxy) is 1. The van der Waals surface area contributed by atoms with Crippen molar-refractivity contribution in [1.29, 1.82) is 0 Å². The number of allylic oxidation sites excluding steroid dienone is 1. The maximum atomic E-state index is 10.8. The van der Waals surface area contributed by atoms with E-state index in [0.29, 0.717) is 12.8 Å². The fourth-order valence-corrected chi connectivity index (χ4v) is 1.06. The lowest BCUT2D eigenvalue weighted by Gasteiger charge is -2.17. The predicted octanol–water partition coefficient (Wildman–Crippen LogP) is 1.23. The molecular weight excluding hydrogens is 156 g/mol. The molecule has 1 saturated heterocycles. The van der Waals surface area contributed by atoms with E-state index in [1.54, 1.807) is 0 Å². The molecule has 1 heterocycles. The van der Waals surface area contributed by atoms with Crippen LogP contribution in [0, 0.1) is 0 Å². The highest BCUT2D eigenvalue weighted by molar-refractivity contribution is 6.34. The predicted molar refractivity (Wildman–Crippen MR) is 43.6 cm³/mol. The van der Waals surface area contributed by atoms with Crippen molar-refractivity contribution in [3.63, 3.8) is 0 Å². The molecule has 0 aromatic rings. The Bertz CT molecular complexity index is 218. The quantitative estimate of drug-likeness (QED) is 0.354. The number of Topliss-reactive ketones (excluding diaryl/α,β-unsaturated/α-hetero) is 1. The second-order valence-electron chi connectivity index (χ2n) is 2.74. The summed E-state index contributed by atoms with van der Waals surface area (Å²) in [7, 11) is 0. The topological polar surface area (TPSA) is 43.4 Å². The Morgan fingerprint density at radius 3 is 2.92 bits per heavy atom. The second-order valence-corrected chi connectivity index (χ2v) is 2.74. The average molecular weight is 168 g/mol. The van der Waals surface area contributed by atoms with Gasteiger partial charge in [-0.05, 0) is 18.9 Å². The highest BCUT2D eigenvalue weighted by Gasteiger charge is 2.25. The normalized spacial score (nSPS) is 24.6. The molecule has 0 radical (unpaired) electrons. The Morgan fingerprint density at radius 1 is 1.58 bits per heavy atom. The van der Waals surface area contributed by atoms with Gasteiger partial charge in [-0.1, -0.05) is 13.0 Å². The molecule has 0 aromatic carbocycles. The van der Waals surface area contributed by atoms with Gasteiger partial charge in [-0.3, -0.25) is 4.79 Å². The van der Waals surface area contributed by atoms with E-state index in [1.807, 2.05) is 19.1 Å². The van der Waals surface area contributed by atoms with Crippen molar-refractivity contribution in [2.75, 3.05) is 0 Å². The number of carbonyl (C=O) groups excluding carboxylic acids is 2. The molecule has 0 amide bonds. The number of hydrogen-bond donors (Lipinski definition) is 0. The Labute approximate surface area is 71.4 Å². The van der Waals surface area contributed by atoms with Crippen molar-refractivity contribution < 1.29 is 14.3 Å². The summed E-state index contributed by atoms with van der Waals surface area (Å²) < 4.78 is 4.83. The van der Waals surface area contributed by atoms with Gasteiger partial charge in [0.2, 0.25) is 5.78 Å². The fourth-order valence-electron chi connectivity index (χ4n) is 1.06. The van der Waals surface area contributed by atoms with Gasteiger partial charge >= 0.3 is 5.97 Å². The first-order valence-corrected chi connectivity index (χ1v) is 4.14. The molecule has 66 valence electrons. The molecule has 1 aliphatic rings. The van der Waals surface area contributed by atoms with Crippen molar-refractivity contribution in [3.05, 3.63) is 12.2 Å². The molecule has 3 heteroatoms. The first-order valence-electron chi connectivity index (χ1n) is 4.14. The minimum Gasteiger partial charge on any atom is -0.452 e. The summed E-state index contributed by atoms with van der Waals surface area (Å²) in [4.78, 5) is 21.5. The van der Waals surface area contributed by atoms with Gasteiger partial charge in [-0.2, -0.15) is 0 Å². The maximum absolute atomic E-state index is 10.8. The van der Waals surface area contributed by atoms with Gasteiger partial charge in [-0.15, -0.1) is 0 Å². The minimum absolute atomic E-state index is 0.185. The number of ketones is 1. The molecular formula is C9H12O3. The Hall–Kier alpha value is -1.12. The first kappa shape index (κ1) is 8.97. The van der Waals surface area contributed by atoms with E-state index in [-0.39, 0.29) is 6.10 Å². The average Bonchev–Trinajstić information content (AvgIpc) is 2.07. The largest absolute Gasteiger partial charge is 0.452 e. The van der Waals surface area contributed by atoms with Crippen LogP contribution in [0.2, 0.25) is 0 Å². The van der Waals surface area contributed by atoms with E-state index in [0.717, 1.165) is 6.42 Å². The summed E-state index contributed by atoms with van der Waals surface area (Å²) >= 11 is 0. The van der Waals surface area contributed by atoms with Gasteiger partial charge < -0.3 is 4.74 Å². The third kappa shape index (κ3) is 2.19. The highest BCUT2D eigenvalue weighted by atomic mass is 16.5. The van der Waals surface area contributed by atoms with E-state index in [2.05, 4.69) is 0 Å². The zero-order valence-corrected chi connectivity index (χ0v) is 7.08. The molecule has 0 aromatic heterocycles. The van der Waals surface area contributed by atoms with Crippen LogP contribution < -0.4 is 0 Å². The molecule has 0 saturated carbocycles. The SMILES string of the molecule is CCC=CC1CCC(=O)C(=O)O1. The van der Waals surface area contributed by atoms with Gasteiger partial charge in [0.25, 0.3) is 0 Å². The van der Waals surface area contributed by atoms with Crippen molar-refractivity contribution in [1.82, 2.24) is 0 Å². The number of cyclic esters (lactones) is 1. The Balaban J connectivity index is 2.45. The number of rotatable bonds is 2. The molecule has 1 unspecified atom stereocenters. The zero-order chi connectivity index (χ0) is 8.97. The summed E-state index contributed by atoms with van der Waals surface area (Å²) in [5.41, 5.74) is 0. The first-order chi connectivity index (χ1) is 5.74. The van der Waals surface area contributed by atoms with E-state index in [1.165, 1.54) is 0 Å². The molecule has 0 spiro atoms. The monoisotopic (exact) mass is 168 g/mol. The molecule has 0 aliphatic carbocycles. The molecule has 1 fully saturated rings. The lowest BCUT2D eigenvalue weighted by molar-refractivity contribution is -0.160. The van der Waals surface area contributed by atoms with E-state index < -0.39 is 11.8 Å². The smallest absolute Gasteiger partial charge is 0.375 e. The molecule has 0 N–H and O–H groups in total. The van der Waals surface area contributed by atoms with Crippen LogP contribution in [0.25, 0.3) is 0 Å². The minimum atomic E-state index is -0.688. The van der Waals surface area contributed by atoms with Gasteiger partial charge in [0, 0.05) is 6.42 Å². The van der Waals surface area contributed by atoms with E-state index in [4.69, 9.17) is 4.74 Å². The second kappa shape index (κ2) is 4.04. The summed E-state index contributed by atoms with van der Waals surface area (Å²) in [5.74, 6) is -1.09. The maximum Gasteiger partial charge on any atom is 0.375 e. The zero-order valence-electron chi connectivity index (χ0n) is 7.08. The molecule has 3 nitrogen and oxygen atoms in total. The lowest BCUT2D eigenvalue weighted by atomic mass is 10.1. The van der Waals surface area contributed by atoms with Gasteiger partial charge in [-0.25, -0.2) is 4.79 Å². The third-order valence-electron chi connectivity index (χ3n) is 1.73. The van der Waals surface area contributed by atoms with Gasteiger partial charge in [0.1, 0.15) is 6.10 Å². The number of hydrogen-bond acceptors (Lipinski definition) is 3. The van der Waals surface area contributed by atoms with Crippen LogP contribution in [0.3, 0.4) is 0 Å². The van der Waals surface area contributed by atoms with Crippen LogP contribution in [0.15, 0.2) is 12.2 Å². The van der Waals surface area contributed by atoms with Crippen molar-refractivity contribution >= 4 is 11.8 Å². The third-order valence-corrected chi connectivity index (χ3v) is 1.73. The van der Waals surface area contributed by atoms with Gasteiger partial charge in [0.05, 0.1) is 0 Å². The van der Waals surface area contributed by atoms with Crippen molar-refractivity contribution in [2.45, 2.75) is 32.3 Å². The van der Waals surface area contributed by atoms with E-state index in [9.17, 15) is 9.59 Å². The molecule has 1 rings (SSSR count). The van der Waals surface area contributed by atoms with Crippen LogP contribution in [0.5, 0.6) is 0 Å². The van der Waals surface area contributed by atoms with Crippen LogP contribution >= 0.6 is 0 Å². The lowest BCUT2D eigenvalue weighted by Crippen LogP contribution is -2.29. The number of esters is 1. The van der Waals surface area contributed by atoms with Crippen LogP contribution in [-0.4, -0.2) is 17.9 Å². The van der Waals surface area contributed by atoms with Gasteiger partial charge in [0.15, 0.2) is 0 Å². The summed E-state index contributed by atoms with van der Waals surface area (Å²) in [6.45, 7) is 2.01. The highest BCUT2D eigenvalue weighted by Crippen LogP contribution is 2.12. The number of carbonyl (C=O) groups is 2. The van der Waals surface area contributed by atoms with Crippen molar-refractivity contribution in [2.24, 2.45) is 0 Å².